The van der Waals surface area contributed by atoms with Crippen LogP contribution in [0.15, 0.2) is 24.3 Å². The van der Waals surface area contributed by atoms with Crippen molar-refractivity contribution in [2.45, 2.75) is 0 Å². The summed E-state index contributed by atoms with van der Waals surface area (Å²) < 4.78 is 4.86. The highest BCUT2D eigenvalue weighted by Gasteiger charge is 2.20. The number of ether oxygens (including phenoxy) is 1. The lowest BCUT2D eigenvalue weighted by Crippen LogP contribution is -2.49. The van der Waals surface area contributed by atoms with E-state index in [9.17, 15) is 9.59 Å². The third-order valence-corrected chi connectivity index (χ3v) is 3.29. The van der Waals surface area contributed by atoms with Gasteiger partial charge in [0.15, 0.2) is 0 Å². The molecular weight excluding hydrogens is 244 g/mol. The second kappa shape index (κ2) is 6.33. The Kier molecular flexibility index (Phi) is 4.52. The van der Waals surface area contributed by atoms with Gasteiger partial charge < -0.3 is 14.5 Å². The normalized spacial score (nSPS) is 15.4. The Balaban J connectivity index is 1.91. The highest BCUT2D eigenvalue weighted by molar-refractivity contribution is 5.78. The van der Waals surface area contributed by atoms with Crippen LogP contribution in [-0.4, -0.2) is 57.0 Å². The van der Waals surface area contributed by atoms with Gasteiger partial charge in [0.05, 0.1) is 0 Å². The maximum atomic E-state index is 11.7. The molecule has 0 radical (unpaired) electrons. The Labute approximate surface area is 112 Å². The summed E-state index contributed by atoms with van der Waals surface area (Å²) in [5.41, 5.74) is 1.77. The molecule has 0 unspecified atom stereocenters. The van der Waals surface area contributed by atoms with Crippen molar-refractivity contribution in [3.05, 3.63) is 29.8 Å². The van der Waals surface area contributed by atoms with E-state index in [-0.39, 0.29) is 12.5 Å². The number of carbonyl (C=O) groups excluding carboxylic acids is 2. The van der Waals surface area contributed by atoms with Gasteiger partial charge in [-0.25, -0.2) is 0 Å². The number of amides is 1. The number of aldehydes is 1. The Bertz CT molecular complexity index is 437. The van der Waals surface area contributed by atoms with Crippen LogP contribution in [0.5, 0.6) is 0 Å². The number of rotatable bonds is 4. The highest BCUT2D eigenvalue weighted by Crippen LogP contribution is 2.16. The molecule has 1 aliphatic heterocycles. The molecule has 0 spiro atoms. The standard InChI is InChI=1S/C14H18N2O3/c1-19-11-14(18)16-8-6-15(7-9-16)13-4-2-12(10-17)3-5-13/h2-5,10H,6-9,11H2,1H3. The minimum atomic E-state index is 0.0402. The van der Waals surface area contributed by atoms with Crippen LogP contribution in [0.4, 0.5) is 5.69 Å². The second-order valence-electron chi connectivity index (χ2n) is 4.51. The molecule has 0 aliphatic carbocycles. The molecular formula is C14H18N2O3. The van der Waals surface area contributed by atoms with E-state index in [1.165, 1.54) is 7.11 Å². The lowest BCUT2D eigenvalue weighted by Gasteiger charge is -2.36. The molecule has 1 heterocycles. The molecule has 0 saturated carbocycles. The molecule has 19 heavy (non-hydrogen) atoms. The van der Waals surface area contributed by atoms with Gasteiger partial charge in [0, 0.05) is 44.5 Å². The van der Waals surface area contributed by atoms with Crippen LogP contribution in [0.25, 0.3) is 0 Å². The summed E-state index contributed by atoms with van der Waals surface area (Å²) in [5, 5.41) is 0. The molecule has 1 aromatic rings. The van der Waals surface area contributed by atoms with Crippen molar-refractivity contribution in [1.29, 1.82) is 0 Å². The van der Waals surface area contributed by atoms with Gasteiger partial charge in [-0.3, -0.25) is 9.59 Å². The number of methoxy groups -OCH3 is 1. The van der Waals surface area contributed by atoms with Gasteiger partial charge in [-0.05, 0) is 24.3 Å². The van der Waals surface area contributed by atoms with Crippen LogP contribution in [0.2, 0.25) is 0 Å². The Morgan fingerprint density at radius 3 is 2.37 bits per heavy atom. The summed E-state index contributed by atoms with van der Waals surface area (Å²) in [5.74, 6) is 0.0402. The molecule has 102 valence electrons. The van der Waals surface area contributed by atoms with E-state index in [4.69, 9.17) is 4.74 Å². The number of anilines is 1. The smallest absolute Gasteiger partial charge is 0.248 e. The lowest BCUT2D eigenvalue weighted by molar-refractivity contribution is -0.135. The minimum absolute atomic E-state index is 0.0402. The van der Waals surface area contributed by atoms with E-state index in [0.29, 0.717) is 18.7 Å². The van der Waals surface area contributed by atoms with E-state index < -0.39 is 0 Å². The van der Waals surface area contributed by atoms with E-state index in [2.05, 4.69) is 4.90 Å². The monoisotopic (exact) mass is 262 g/mol. The predicted octanol–water partition coefficient (Wildman–Crippen LogP) is 0.794. The van der Waals surface area contributed by atoms with Gasteiger partial charge in [-0.2, -0.15) is 0 Å². The minimum Gasteiger partial charge on any atom is -0.375 e. The molecule has 0 bridgehead atoms. The zero-order valence-electron chi connectivity index (χ0n) is 11.0. The number of carbonyl (C=O) groups is 2. The largest absolute Gasteiger partial charge is 0.375 e. The van der Waals surface area contributed by atoms with Crippen molar-refractivity contribution >= 4 is 17.9 Å². The summed E-state index contributed by atoms with van der Waals surface area (Å²) in [4.78, 5) is 26.3. The molecule has 1 aliphatic rings. The summed E-state index contributed by atoms with van der Waals surface area (Å²) in [7, 11) is 1.53. The quantitative estimate of drug-likeness (QED) is 0.753. The molecule has 5 nitrogen and oxygen atoms in total. The predicted molar refractivity (Wildman–Crippen MR) is 72.5 cm³/mol. The molecule has 1 amide bonds. The van der Waals surface area contributed by atoms with Gasteiger partial charge in [-0.15, -0.1) is 0 Å². The van der Waals surface area contributed by atoms with Crippen molar-refractivity contribution in [2.75, 3.05) is 44.8 Å². The van der Waals surface area contributed by atoms with Crippen LogP contribution >= 0.6 is 0 Å². The average molecular weight is 262 g/mol. The maximum Gasteiger partial charge on any atom is 0.248 e. The van der Waals surface area contributed by atoms with Gasteiger partial charge in [0.25, 0.3) is 0 Å². The lowest BCUT2D eigenvalue weighted by atomic mass is 10.2. The van der Waals surface area contributed by atoms with E-state index in [1.54, 1.807) is 0 Å². The van der Waals surface area contributed by atoms with Crippen molar-refractivity contribution in [3.63, 3.8) is 0 Å². The second-order valence-corrected chi connectivity index (χ2v) is 4.51. The number of hydrogen-bond donors (Lipinski definition) is 0. The SMILES string of the molecule is COCC(=O)N1CCN(c2ccc(C=O)cc2)CC1. The Morgan fingerprint density at radius 2 is 1.84 bits per heavy atom. The number of hydrogen-bond acceptors (Lipinski definition) is 4. The number of benzene rings is 1. The summed E-state index contributed by atoms with van der Waals surface area (Å²) in [6, 6.07) is 7.50. The third-order valence-electron chi connectivity index (χ3n) is 3.29. The van der Waals surface area contributed by atoms with Crippen LogP contribution in [0.1, 0.15) is 10.4 Å². The van der Waals surface area contributed by atoms with Crippen LogP contribution in [-0.2, 0) is 9.53 Å². The van der Waals surface area contributed by atoms with Gasteiger partial charge >= 0.3 is 0 Å². The molecule has 2 rings (SSSR count). The number of piperazine rings is 1. The van der Waals surface area contributed by atoms with Crippen molar-refractivity contribution < 1.29 is 14.3 Å². The summed E-state index contributed by atoms with van der Waals surface area (Å²) >= 11 is 0. The van der Waals surface area contributed by atoms with Crippen LogP contribution < -0.4 is 4.90 Å². The summed E-state index contributed by atoms with van der Waals surface area (Å²) in [6.07, 6.45) is 0.838. The van der Waals surface area contributed by atoms with Gasteiger partial charge in [0.2, 0.25) is 5.91 Å². The third kappa shape index (κ3) is 3.32. The number of nitrogens with zero attached hydrogens (tertiary/aromatic N) is 2. The average Bonchev–Trinajstić information content (AvgIpc) is 2.48. The first-order valence-electron chi connectivity index (χ1n) is 6.31. The Hall–Kier alpha value is -1.88. The maximum absolute atomic E-state index is 11.7. The molecule has 1 fully saturated rings. The van der Waals surface area contributed by atoms with Gasteiger partial charge in [-0.1, -0.05) is 0 Å². The van der Waals surface area contributed by atoms with E-state index in [1.807, 2.05) is 29.2 Å². The van der Waals surface area contributed by atoms with Gasteiger partial charge in [0.1, 0.15) is 12.9 Å². The first-order valence-corrected chi connectivity index (χ1v) is 6.31. The molecule has 1 aromatic carbocycles. The molecule has 0 aromatic heterocycles. The fourth-order valence-electron chi connectivity index (χ4n) is 2.19. The molecule has 5 heteroatoms. The first kappa shape index (κ1) is 13.5. The van der Waals surface area contributed by atoms with E-state index in [0.717, 1.165) is 25.1 Å². The molecule has 0 atom stereocenters. The van der Waals surface area contributed by atoms with Crippen molar-refractivity contribution in [3.8, 4) is 0 Å². The van der Waals surface area contributed by atoms with Crippen molar-refractivity contribution in [2.24, 2.45) is 0 Å². The fourth-order valence-corrected chi connectivity index (χ4v) is 2.19. The highest BCUT2D eigenvalue weighted by atomic mass is 16.5. The first-order chi connectivity index (χ1) is 9.24. The molecule has 1 saturated heterocycles. The van der Waals surface area contributed by atoms with Crippen molar-refractivity contribution in [1.82, 2.24) is 4.90 Å². The van der Waals surface area contributed by atoms with E-state index >= 15 is 0 Å². The molecule has 0 N–H and O–H groups in total. The Morgan fingerprint density at radius 1 is 1.21 bits per heavy atom. The topological polar surface area (TPSA) is 49.9 Å². The summed E-state index contributed by atoms with van der Waals surface area (Å²) in [6.45, 7) is 3.16. The fraction of sp³-hybridized carbons (Fsp3) is 0.429. The zero-order chi connectivity index (χ0) is 13.7. The zero-order valence-corrected chi connectivity index (χ0v) is 11.0. The van der Waals surface area contributed by atoms with Crippen LogP contribution in [0, 0.1) is 0 Å². The van der Waals surface area contributed by atoms with Crippen LogP contribution in [0.3, 0.4) is 0 Å².